The summed E-state index contributed by atoms with van der Waals surface area (Å²) >= 11 is 0. The Morgan fingerprint density at radius 2 is 2.71 bits per heavy atom. The Kier molecular flexibility index (Phi) is 1.18. The number of rotatable bonds is 1. The average molecular weight is 114 g/mol. The summed E-state index contributed by atoms with van der Waals surface area (Å²) in [4.78, 5) is 6.31. The van der Waals surface area contributed by atoms with E-state index in [0.29, 0.717) is 5.57 Å². The first kappa shape index (κ1) is 4.47. The molecule has 0 aliphatic heterocycles. The van der Waals surface area contributed by atoms with Gasteiger partial charge in [-0.3, -0.25) is 4.57 Å². The monoisotopic (exact) mass is 114 g/mol. The van der Waals surface area contributed by atoms with E-state index in [1.165, 1.54) is 0 Å². The molecule has 1 aromatic rings. The normalized spacial score (nSPS) is 9.71. The van der Waals surface area contributed by atoms with Gasteiger partial charge in [-0.05, 0) is 0 Å². The van der Waals surface area contributed by atoms with E-state index in [2.05, 4.69) is 9.97 Å². The molecule has 0 unspecified atom stereocenters. The van der Waals surface area contributed by atoms with Crippen molar-refractivity contribution in [3.63, 3.8) is 0 Å². The van der Waals surface area contributed by atoms with Crippen LogP contribution in [0.15, 0.2) is 12.4 Å². The summed E-state index contributed by atoms with van der Waals surface area (Å²) in [6.07, 6.45) is 3.18. The number of hydrogen-bond donors (Lipinski definition) is 1. The Morgan fingerprint density at radius 1 is 1.86 bits per heavy atom. The summed E-state index contributed by atoms with van der Waals surface area (Å²) < 4.78 is 9.87. The standard InChI is InChI=1S/C3H3N2OP/c6-7-3-4-1-2-5-3/h1-2H,(H,4,5). The molecule has 0 radical (unpaired) electrons. The average Bonchev–Trinajstić information content (AvgIpc) is 2.14. The predicted octanol–water partition coefficient (Wildman–Crippen LogP) is 0.327. The number of nitrogens with zero attached hydrogens (tertiary/aromatic N) is 1. The van der Waals surface area contributed by atoms with Gasteiger partial charge in [-0.2, -0.15) is 0 Å². The molecule has 0 aliphatic carbocycles. The Labute approximate surface area is 42.0 Å². The molecular weight excluding hydrogens is 111 g/mol. The van der Waals surface area contributed by atoms with Crippen LogP contribution < -0.4 is 5.57 Å². The second-order valence-corrected chi connectivity index (χ2v) is 1.61. The van der Waals surface area contributed by atoms with Gasteiger partial charge in [0.25, 0.3) is 0 Å². The largest absolute Gasteiger partial charge is 0.339 e. The van der Waals surface area contributed by atoms with Crippen LogP contribution in [0.5, 0.6) is 0 Å². The number of aromatic nitrogens is 2. The smallest absolute Gasteiger partial charge is 0.231 e. The predicted molar refractivity (Wildman–Crippen MR) is 25.8 cm³/mol. The van der Waals surface area contributed by atoms with E-state index < -0.39 is 0 Å². The van der Waals surface area contributed by atoms with Crippen molar-refractivity contribution in [2.45, 2.75) is 0 Å². The lowest BCUT2D eigenvalue weighted by Gasteiger charge is -1.66. The highest BCUT2D eigenvalue weighted by atomic mass is 31.1. The highest BCUT2D eigenvalue weighted by Crippen LogP contribution is 1.83. The van der Waals surface area contributed by atoms with Crippen molar-refractivity contribution in [1.29, 1.82) is 0 Å². The maximum atomic E-state index is 9.87. The van der Waals surface area contributed by atoms with Crippen LogP contribution in [0.3, 0.4) is 0 Å². The number of imidazole rings is 1. The van der Waals surface area contributed by atoms with Crippen molar-refractivity contribution in [1.82, 2.24) is 9.97 Å². The lowest BCUT2D eigenvalue weighted by molar-refractivity contribution is 0.602. The lowest BCUT2D eigenvalue weighted by Crippen LogP contribution is -1.92. The maximum Gasteiger partial charge on any atom is 0.231 e. The van der Waals surface area contributed by atoms with E-state index >= 15 is 0 Å². The summed E-state index contributed by atoms with van der Waals surface area (Å²) in [6.45, 7) is 0. The van der Waals surface area contributed by atoms with Gasteiger partial charge in [-0.1, -0.05) is 0 Å². The molecule has 0 saturated heterocycles. The lowest BCUT2D eigenvalue weighted by atomic mass is 11.0. The summed E-state index contributed by atoms with van der Waals surface area (Å²) in [5.41, 5.74) is 0.472. The molecular formula is C3H3N2OP. The fourth-order valence-electron chi connectivity index (χ4n) is 0.307. The van der Waals surface area contributed by atoms with Crippen molar-refractivity contribution in [2.24, 2.45) is 0 Å². The highest BCUT2D eigenvalue weighted by molar-refractivity contribution is 7.33. The molecule has 0 amide bonds. The molecule has 1 aromatic heterocycles. The molecule has 0 fully saturated rings. The third-order valence-corrected chi connectivity index (χ3v) is 0.988. The molecule has 0 saturated carbocycles. The number of nitrogens with one attached hydrogen (secondary N) is 1. The Morgan fingerprint density at radius 3 is 3.00 bits per heavy atom. The SMILES string of the molecule is O=Pc1ncc[nH]1. The van der Waals surface area contributed by atoms with Crippen LogP contribution in [0.2, 0.25) is 0 Å². The van der Waals surface area contributed by atoms with E-state index in [1.54, 1.807) is 12.4 Å². The van der Waals surface area contributed by atoms with E-state index in [4.69, 9.17) is 0 Å². The minimum atomic E-state index is -0.0517. The van der Waals surface area contributed by atoms with Gasteiger partial charge in [0.05, 0.1) is 0 Å². The van der Waals surface area contributed by atoms with Gasteiger partial charge in [0.1, 0.15) is 0 Å². The van der Waals surface area contributed by atoms with Crippen molar-refractivity contribution in [3.05, 3.63) is 12.4 Å². The number of H-pyrrole nitrogens is 1. The molecule has 7 heavy (non-hydrogen) atoms. The molecule has 0 bridgehead atoms. The minimum Gasteiger partial charge on any atom is -0.339 e. The van der Waals surface area contributed by atoms with Crippen molar-refractivity contribution >= 4 is 14.0 Å². The second kappa shape index (κ2) is 1.85. The van der Waals surface area contributed by atoms with Crippen LogP contribution in [0.1, 0.15) is 0 Å². The topological polar surface area (TPSA) is 45.8 Å². The molecule has 0 aliphatic rings. The van der Waals surface area contributed by atoms with Crippen LogP contribution in [0, 0.1) is 0 Å². The van der Waals surface area contributed by atoms with Crippen LogP contribution in [0.25, 0.3) is 0 Å². The summed E-state index contributed by atoms with van der Waals surface area (Å²) in [5.74, 6) is 0. The van der Waals surface area contributed by atoms with Gasteiger partial charge in [0.2, 0.25) is 8.46 Å². The zero-order chi connectivity index (χ0) is 5.11. The van der Waals surface area contributed by atoms with Crippen LogP contribution in [0.4, 0.5) is 0 Å². The van der Waals surface area contributed by atoms with Gasteiger partial charge in [-0.15, -0.1) is 0 Å². The molecule has 4 heteroatoms. The quantitative estimate of drug-likeness (QED) is 0.534. The van der Waals surface area contributed by atoms with E-state index in [-0.39, 0.29) is 8.46 Å². The van der Waals surface area contributed by atoms with E-state index in [1.807, 2.05) is 0 Å². The highest BCUT2D eigenvalue weighted by Gasteiger charge is 1.85. The van der Waals surface area contributed by atoms with Crippen LogP contribution in [-0.2, 0) is 4.57 Å². The molecule has 0 aromatic carbocycles. The third kappa shape index (κ3) is 0.842. The molecule has 0 spiro atoms. The number of hydrogen-bond acceptors (Lipinski definition) is 2. The van der Waals surface area contributed by atoms with Gasteiger partial charge in [0.15, 0.2) is 5.57 Å². The zero-order valence-corrected chi connectivity index (χ0v) is 4.35. The first-order chi connectivity index (χ1) is 3.43. The third-order valence-electron chi connectivity index (χ3n) is 0.570. The maximum absolute atomic E-state index is 9.87. The van der Waals surface area contributed by atoms with Crippen LogP contribution >= 0.6 is 8.46 Å². The molecule has 1 rings (SSSR count). The Balaban J connectivity index is 2.96. The van der Waals surface area contributed by atoms with Crippen molar-refractivity contribution in [2.75, 3.05) is 0 Å². The fourth-order valence-corrected chi connectivity index (χ4v) is 0.548. The summed E-state index contributed by atoms with van der Waals surface area (Å²) in [6, 6.07) is 0. The Bertz CT molecular complexity index is 148. The zero-order valence-electron chi connectivity index (χ0n) is 3.46. The number of aromatic amines is 1. The molecule has 1 N–H and O–H groups in total. The second-order valence-electron chi connectivity index (χ2n) is 1.00. The minimum absolute atomic E-state index is 0.0517. The van der Waals surface area contributed by atoms with Crippen molar-refractivity contribution in [3.8, 4) is 0 Å². The summed E-state index contributed by atoms with van der Waals surface area (Å²) in [7, 11) is -0.0517. The molecule has 0 atom stereocenters. The van der Waals surface area contributed by atoms with Gasteiger partial charge in [0, 0.05) is 12.4 Å². The molecule has 36 valence electrons. The van der Waals surface area contributed by atoms with Crippen molar-refractivity contribution < 1.29 is 4.57 Å². The first-order valence-electron chi connectivity index (χ1n) is 1.76. The van der Waals surface area contributed by atoms with E-state index in [0.717, 1.165) is 0 Å². The van der Waals surface area contributed by atoms with E-state index in [9.17, 15) is 4.57 Å². The molecule has 3 nitrogen and oxygen atoms in total. The summed E-state index contributed by atoms with van der Waals surface area (Å²) in [5, 5.41) is 0. The van der Waals surface area contributed by atoms with Gasteiger partial charge in [-0.25, -0.2) is 4.98 Å². The van der Waals surface area contributed by atoms with Crippen LogP contribution in [-0.4, -0.2) is 9.97 Å². The van der Waals surface area contributed by atoms with Gasteiger partial charge >= 0.3 is 0 Å². The molecule has 1 heterocycles. The van der Waals surface area contributed by atoms with Gasteiger partial charge < -0.3 is 4.98 Å². The first-order valence-corrected chi connectivity index (χ1v) is 2.57. The Hall–Kier alpha value is -0.690. The fraction of sp³-hybridized carbons (Fsp3) is 0.